The largest absolute Gasteiger partial charge is 0.393 e. The Bertz CT molecular complexity index is 1340. The van der Waals surface area contributed by atoms with E-state index in [-0.39, 0.29) is 24.0 Å². The first-order valence-electron chi connectivity index (χ1n) is 16.3. The van der Waals surface area contributed by atoms with Gasteiger partial charge in [0.25, 0.3) is 0 Å². The highest BCUT2D eigenvalue weighted by Crippen LogP contribution is 2.52. The predicted octanol–water partition coefficient (Wildman–Crippen LogP) is 7.92. The molecular formula is C40H58O5. The molecule has 3 aliphatic rings. The van der Waals surface area contributed by atoms with Gasteiger partial charge < -0.3 is 25.2 Å². The standard InChI is InChI=1S/C40H58O5/c1-28(17-13-18-30(3)21-22-40(44)37(7,8)25-33(42)27-39(40,10)43)15-11-12-16-29(2)19-14-20-31(4)34-23-35-36(5,6)24-32(41)26-38(35,9)45-34/h11-23,32-34,41-44H,24-27H2,1-10H3/b12-11+,17-13+,19-14+,22-21+,28-15+,29-16+,30-18+,31-20+. The fraction of sp³-hybridized carbons (Fsp3) is 0.550. The molecule has 0 bridgehead atoms. The van der Waals surface area contributed by atoms with Crippen molar-refractivity contribution in [2.24, 2.45) is 10.8 Å². The van der Waals surface area contributed by atoms with Crippen molar-refractivity contribution in [1.82, 2.24) is 0 Å². The van der Waals surface area contributed by atoms with Crippen molar-refractivity contribution in [2.45, 2.75) is 130 Å². The number of ether oxygens (including phenoxy) is 1. The third kappa shape index (κ3) is 8.84. The average Bonchev–Trinajstić information content (AvgIpc) is 3.26. The molecule has 5 nitrogen and oxygen atoms in total. The first kappa shape index (κ1) is 36.9. The Morgan fingerprint density at radius 2 is 1.20 bits per heavy atom. The minimum atomic E-state index is -1.45. The molecule has 3 rings (SSSR count). The van der Waals surface area contributed by atoms with Gasteiger partial charge in [-0.05, 0) is 83.1 Å². The number of hydrogen-bond donors (Lipinski definition) is 4. The summed E-state index contributed by atoms with van der Waals surface area (Å²) in [4.78, 5) is 0. The maximum atomic E-state index is 11.4. The van der Waals surface area contributed by atoms with Crippen molar-refractivity contribution in [1.29, 1.82) is 0 Å². The summed E-state index contributed by atoms with van der Waals surface area (Å²) in [5, 5.41) is 42.9. The van der Waals surface area contributed by atoms with E-state index >= 15 is 0 Å². The van der Waals surface area contributed by atoms with Crippen LogP contribution in [0, 0.1) is 10.8 Å². The molecule has 1 heterocycles. The molecule has 248 valence electrons. The SMILES string of the molecule is CC(/C=C/C=C(C)/C=C/C1(O)C(C)(C)CC(O)CC1(C)O)=C\C=C\C=C(C)\C=C\C=C(/C)C1C=C2C(C)(C)CC(O)CC2(C)O1. The first-order chi connectivity index (χ1) is 20.7. The number of aliphatic hydroxyl groups excluding tert-OH is 2. The maximum Gasteiger partial charge on any atom is 0.117 e. The summed E-state index contributed by atoms with van der Waals surface area (Å²) in [5.41, 5.74) is 1.62. The van der Waals surface area contributed by atoms with Gasteiger partial charge in [-0.3, -0.25) is 0 Å². The van der Waals surface area contributed by atoms with Crippen LogP contribution in [0.1, 0.15) is 94.9 Å². The summed E-state index contributed by atoms with van der Waals surface area (Å²) in [6, 6.07) is 0. The summed E-state index contributed by atoms with van der Waals surface area (Å²) in [6.45, 7) is 20.0. The summed E-state index contributed by atoms with van der Waals surface area (Å²) in [7, 11) is 0. The highest BCUT2D eigenvalue weighted by atomic mass is 16.5. The number of hydrogen-bond acceptors (Lipinski definition) is 5. The van der Waals surface area contributed by atoms with E-state index < -0.39 is 28.3 Å². The van der Waals surface area contributed by atoms with Crippen LogP contribution in [0.2, 0.25) is 0 Å². The second-order valence-electron chi connectivity index (χ2n) is 15.4. The highest BCUT2D eigenvalue weighted by Gasteiger charge is 2.58. The molecule has 1 aliphatic heterocycles. The molecule has 6 unspecified atom stereocenters. The third-order valence-electron chi connectivity index (χ3n) is 9.91. The molecule has 0 aromatic rings. The van der Waals surface area contributed by atoms with Gasteiger partial charge in [0, 0.05) is 18.3 Å². The Kier molecular flexibility index (Phi) is 11.5. The summed E-state index contributed by atoms with van der Waals surface area (Å²) in [5.74, 6) is 0. The molecule has 2 saturated carbocycles. The van der Waals surface area contributed by atoms with Crippen LogP contribution in [-0.4, -0.2) is 55.5 Å². The van der Waals surface area contributed by atoms with Crippen LogP contribution in [0.3, 0.4) is 0 Å². The molecule has 6 atom stereocenters. The molecule has 0 aromatic heterocycles. The van der Waals surface area contributed by atoms with Crippen LogP contribution in [0.25, 0.3) is 0 Å². The normalized spacial score (nSPS) is 36.5. The molecule has 45 heavy (non-hydrogen) atoms. The lowest BCUT2D eigenvalue weighted by atomic mass is 9.57. The molecular weight excluding hydrogens is 560 g/mol. The minimum absolute atomic E-state index is 0.0642. The van der Waals surface area contributed by atoms with Gasteiger partial charge in [-0.1, -0.05) is 111 Å². The topological polar surface area (TPSA) is 90.2 Å². The zero-order valence-corrected chi connectivity index (χ0v) is 29.3. The smallest absolute Gasteiger partial charge is 0.117 e. The van der Waals surface area contributed by atoms with Gasteiger partial charge in [0.2, 0.25) is 0 Å². The third-order valence-corrected chi connectivity index (χ3v) is 9.91. The fourth-order valence-corrected chi connectivity index (χ4v) is 7.45. The molecule has 5 heteroatoms. The van der Waals surface area contributed by atoms with Crippen LogP contribution >= 0.6 is 0 Å². The minimum Gasteiger partial charge on any atom is -0.393 e. The van der Waals surface area contributed by atoms with Gasteiger partial charge in [0.05, 0.1) is 29.5 Å². The number of rotatable bonds is 9. The van der Waals surface area contributed by atoms with Gasteiger partial charge in [-0.25, -0.2) is 0 Å². The van der Waals surface area contributed by atoms with Gasteiger partial charge in [0.1, 0.15) is 5.60 Å². The van der Waals surface area contributed by atoms with E-state index in [9.17, 15) is 20.4 Å². The van der Waals surface area contributed by atoms with Gasteiger partial charge in [-0.15, -0.1) is 0 Å². The number of fused-ring (bicyclic) bond motifs is 1. The zero-order chi connectivity index (χ0) is 33.8. The van der Waals surface area contributed by atoms with E-state index in [1.165, 1.54) is 5.57 Å². The van der Waals surface area contributed by atoms with Crippen molar-refractivity contribution in [3.63, 3.8) is 0 Å². The fourth-order valence-electron chi connectivity index (χ4n) is 7.45. The zero-order valence-electron chi connectivity index (χ0n) is 29.3. The van der Waals surface area contributed by atoms with Crippen LogP contribution in [-0.2, 0) is 4.74 Å². The molecule has 4 N–H and O–H groups in total. The molecule has 0 spiro atoms. The Hall–Kier alpha value is -2.54. The average molecular weight is 619 g/mol. The van der Waals surface area contributed by atoms with Crippen molar-refractivity contribution >= 4 is 0 Å². The van der Waals surface area contributed by atoms with E-state index in [4.69, 9.17) is 4.74 Å². The molecule has 0 amide bonds. The van der Waals surface area contributed by atoms with Crippen LogP contribution in [0.15, 0.2) is 107 Å². The van der Waals surface area contributed by atoms with Crippen molar-refractivity contribution in [2.75, 3.05) is 0 Å². The summed E-state index contributed by atoms with van der Waals surface area (Å²) in [6.07, 6.45) is 27.1. The molecule has 0 aromatic carbocycles. The van der Waals surface area contributed by atoms with Crippen LogP contribution in [0.4, 0.5) is 0 Å². The lowest BCUT2D eigenvalue weighted by molar-refractivity contribution is -0.216. The van der Waals surface area contributed by atoms with E-state index in [2.05, 4.69) is 65.0 Å². The Morgan fingerprint density at radius 3 is 1.78 bits per heavy atom. The molecule has 0 radical (unpaired) electrons. The Labute approximate surface area is 272 Å². The van der Waals surface area contributed by atoms with E-state index in [1.54, 1.807) is 13.0 Å². The number of aliphatic hydroxyl groups is 4. The molecule has 2 aliphatic carbocycles. The summed E-state index contributed by atoms with van der Waals surface area (Å²) < 4.78 is 6.45. The molecule has 2 fully saturated rings. The van der Waals surface area contributed by atoms with Crippen LogP contribution < -0.4 is 0 Å². The quantitative estimate of drug-likeness (QED) is 0.156. The Balaban J connectivity index is 1.55. The van der Waals surface area contributed by atoms with E-state index in [1.807, 2.05) is 70.2 Å². The van der Waals surface area contributed by atoms with Crippen molar-refractivity contribution in [3.05, 3.63) is 107 Å². The summed E-state index contributed by atoms with van der Waals surface area (Å²) >= 11 is 0. The second kappa shape index (κ2) is 14.1. The number of allylic oxidation sites excluding steroid dienone is 14. The lowest BCUT2D eigenvalue weighted by Gasteiger charge is -2.54. The first-order valence-corrected chi connectivity index (χ1v) is 16.3. The second-order valence-corrected chi connectivity index (χ2v) is 15.4. The van der Waals surface area contributed by atoms with Gasteiger partial charge in [0.15, 0.2) is 0 Å². The van der Waals surface area contributed by atoms with Gasteiger partial charge >= 0.3 is 0 Å². The van der Waals surface area contributed by atoms with E-state index in [0.717, 1.165) is 28.7 Å². The predicted molar refractivity (Wildman–Crippen MR) is 187 cm³/mol. The monoisotopic (exact) mass is 618 g/mol. The highest BCUT2D eigenvalue weighted by molar-refractivity contribution is 5.37. The van der Waals surface area contributed by atoms with E-state index in [0.29, 0.717) is 12.8 Å². The molecule has 0 saturated heterocycles. The maximum absolute atomic E-state index is 11.4. The van der Waals surface area contributed by atoms with Crippen molar-refractivity contribution in [3.8, 4) is 0 Å². The van der Waals surface area contributed by atoms with Gasteiger partial charge in [-0.2, -0.15) is 0 Å². The van der Waals surface area contributed by atoms with Crippen LogP contribution in [0.5, 0.6) is 0 Å². The lowest BCUT2D eigenvalue weighted by Crippen LogP contribution is -2.65. The Morgan fingerprint density at radius 1 is 0.689 bits per heavy atom. The van der Waals surface area contributed by atoms with Crippen molar-refractivity contribution < 1.29 is 25.2 Å².